The lowest BCUT2D eigenvalue weighted by molar-refractivity contribution is -0.122. The van der Waals surface area contributed by atoms with Crippen molar-refractivity contribution >= 4 is 44.6 Å². The molecule has 1 aliphatic rings. The molecule has 11 nitrogen and oxygen atoms in total. The second kappa shape index (κ2) is 15.5. The third kappa shape index (κ3) is 10.1. The van der Waals surface area contributed by atoms with Gasteiger partial charge in [-0.15, -0.1) is 0 Å². The molecule has 0 aliphatic heterocycles. The molecule has 0 aromatic heterocycles. The van der Waals surface area contributed by atoms with Gasteiger partial charge >= 0.3 is 0 Å². The SMILES string of the molecule is CC(=O)CN(CC(C)=O)CC1=C/C(=C(\c2cc(C)c(O)c(CN(CC(C)=O)CC(C)=O)c2)c2ccccc2S(=O)(=O)[O-])C=C(C)C1=O. The number of carbonyl (C=O) groups is 5. The van der Waals surface area contributed by atoms with Crippen LogP contribution in [0.3, 0.4) is 0 Å². The smallest absolute Gasteiger partial charge is 0.186 e. The highest BCUT2D eigenvalue weighted by atomic mass is 32.2. The average Bonchev–Trinajstić information content (AvgIpc) is 2.92. The number of phenolic OH excluding ortho intramolecular Hbond substituents is 1. The number of carbonyl (C=O) groups excluding carboxylic acids is 5. The third-order valence-electron chi connectivity index (χ3n) is 7.31. The van der Waals surface area contributed by atoms with Crippen molar-refractivity contribution in [3.63, 3.8) is 0 Å². The Kier molecular flexibility index (Phi) is 12.2. The molecule has 0 amide bonds. The van der Waals surface area contributed by atoms with E-state index in [-0.39, 0.29) is 90.6 Å². The van der Waals surface area contributed by atoms with E-state index in [0.717, 1.165) is 0 Å². The van der Waals surface area contributed by atoms with Gasteiger partial charge in [0.15, 0.2) is 5.78 Å². The molecular weight excluding hydrogens is 624 g/mol. The molecule has 0 unspecified atom stereocenters. The summed E-state index contributed by atoms with van der Waals surface area (Å²) in [5.74, 6) is -1.21. The number of allylic oxidation sites excluding steroid dienone is 4. The van der Waals surface area contributed by atoms with Gasteiger partial charge in [-0.2, -0.15) is 0 Å². The van der Waals surface area contributed by atoms with Crippen LogP contribution in [0.15, 0.2) is 70.2 Å². The summed E-state index contributed by atoms with van der Waals surface area (Å²) < 4.78 is 37.5. The van der Waals surface area contributed by atoms with Crippen molar-refractivity contribution < 1.29 is 42.0 Å². The number of phenols is 1. The Labute approximate surface area is 275 Å². The van der Waals surface area contributed by atoms with Crippen molar-refractivity contribution in [2.45, 2.75) is 53.0 Å². The lowest BCUT2D eigenvalue weighted by Gasteiger charge is -2.25. The van der Waals surface area contributed by atoms with E-state index >= 15 is 0 Å². The van der Waals surface area contributed by atoms with E-state index < -0.39 is 15.0 Å². The minimum absolute atomic E-state index is 0.00326. The molecule has 2 aromatic rings. The molecule has 2 aromatic carbocycles. The fourth-order valence-corrected chi connectivity index (χ4v) is 6.36. The summed E-state index contributed by atoms with van der Waals surface area (Å²) in [5, 5.41) is 11.1. The Morgan fingerprint density at radius 3 is 1.81 bits per heavy atom. The summed E-state index contributed by atoms with van der Waals surface area (Å²) in [6.45, 7) is 8.42. The van der Waals surface area contributed by atoms with Crippen LogP contribution in [0.2, 0.25) is 0 Å². The molecular formula is C35H39N2O9S-. The van der Waals surface area contributed by atoms with Gasteiger partial charge in [-0.25, -0.2) is 8.42 Å². The standard InChI is InChI=1S/C35H40N2O9S/c1-21-11-27(13-29(34(21)42)19-36(15-23(3)38)16-24(4)39)33(31-9-7-8-10-32(31)47(44,45)46)28-12-22(2)35(43)30(14-28)20-37(17-25(5)40)18-26(6)41/h7-14,42H,15-20H2,1-6H3,(H,44,45,46)/p-1/b33-28+. The molecule has 0 saturated carbocycles. The summed E-state index contributed by atoms with van der Waals surface area (Å²) in [5.41, 5.74) is 2.37. The maximum atomic E-state index is 13.4. The van der Waals surface area contributed by atoms with Gasteiger partial charge in [0.2, 0.25) is 0 Å². The second-order valence-corrected chi connectivity index (χ2v) is 13.4. The Morgan fingerprint density at radius 2 is 1.30 bits per heavy atom. The molecule has 0 heterocycles. The van der Waals surface area contributed by atoms with E-state index in [1.165, 1.54) is 45.9 Å². The number of nitrogens with zero attached hydrogens (tertiary/aromatic N) is 2. The van der Waals surface area contributed by atoms with Crippen molar-refractivity contribution in [2.24, 2.45) is 0 Å². The number of aromatic hydroxyl groups is 1. The minimum Gasteiger partial charge on any atom is -0.744 e. The summed E-state index contributed by atoms with van der Waals surface area (Å²) in [6, 6.07) is 8.84. The molecule has 0 radical (unpaired) electrons. The first-order chi connectivity index (χ1) is 21.9. The molecule has 1 aliphatic carbocycles. The molecule has 0 bridgehead atoms. The van der Waals surface area contributed by atoms with Gasteiger partial charge < -0.3 is 9.66 Å². The van der Waals surface area contributed by atoms with E-state index in [4.69, 9.17) is 0 Å². The van der Waals surface area contributed by atoms with Gasteiger partial charge in [0.05, 0.1) is 31.1 Å². The first-order valence-electron chi connectivity index (χ1n) is 14.9. The van der Waals surface area contributed by atoms with Crippen LogP contribution in [-0.2, 0) is 40.6 Å². The zero-order chi connectivity index (χ0) is 35.2. The van der Waals surface area contributed by atoms with Gasteiger partial charge in [-0.1, -0.05) is 18.2 Å². The summed E-state index contributed by atoms with van der Waals surface area (Å²) in [6.07, 6.45) is 3.11. The topological polar surface area (TPSA) is 169 Å². The third-order valence-corrected chi connectivity index (χ3v) is 8.20. The van der Waals surface area contributed by atoms with Crippen LogP contribution in [0.1, 0.15) is 56.9 Å². The van der Waals surface area contributed by atoms with Gasteiger partial charge in [0.1, 0.15) is 39.0 Å². The molecule has 0 atom stereocenters. The number of benzene rings is 2. The van der Waals surface area contributed by atoms with E-state index in [0.29, 0.717) is 27.8 Å². The fourth-order valence-electron chi connectivity index (χ4n) is 5.67. The van der Waals surface area contributed by atoms with Crippen LogP contribution in [0.4, 0.5) is 0 Å². The zero-order valence-electron chi connectivity index (χ0n) is 27.4. The Morgan fingerprint density at radius 1 is 0.787 bits per heavy atom. The highest BCUT2D eigenvalue weighted by molar-refractivity contribution is 7.85. The fraction of sp³-hybridized carbons (Fsp3) is 0.343. The number of aryl methyl sites for hydroxylation is 1. The Hall–Kier alpha value is -4.36. The largest absolute Gasteiger partial charge is 0.744 e. The predicted octanol–water partition coefficient (Wildman–Crippen LogP) is 3.32. The van der Waals surface area contributed by atoms with Gasteiger partial charge in [0, 0.05) is 29.8 Å². The van der Waals surface area contributed by atoms with Gasteiger partial charge in [-0.05, 0) is 99.7 Å². The first kappa shape index (κ1) is 37.1. The molecule has 0 fully saturated rings. The molecule has 1 N–H and O–H groups in total. The van der Waals surface area contributed by atoms with Crippen molar-refractivity contribution in [3.05, 3.63) is 87.5 Å². The Balaban J connectivity index is 2.38. The summed E-state index contributed by atoms with van der Waals surface area (Å²) in [7, 11) is -4.99. The molecule has 12 heteroatoms. The van der Waals surface area contributed by atoms with Crippen LogP contribution < -0.4 is 0 Å². The van der Waals surface area contributed by atoms with Crippen LogP contribution in [0.25, 0.3) is 5.57 Å². The molecule has 0 spiro atoms. The van der Waals surface area contributed by atoms with E-state index in [1.807, 2.05) is 0 Å². The maximum absolute atomic E-state index is 13.4. The molecule has 0 saturated heterocycles. The quantitative estimate of drug-likeness (QED) is 0.278. The van der Waals surface area contributed by atoms with Crippen molar-refractivity contribution in [2.75, 3.05) is 32.7 Å². The first-order valence-corrected chi connectivity index (χ1v) is 16.3. The number of hydrogen-bond donors (Lipinski definition) is 1. The van der Waals surface area contributed by atoms with Crippen molar-refractivity contribution in [1.29, 1.82) is 0 Å². The monoisotopic (exact) mass is 663 g/mol. The van der Waals surface area contributed by atoms with Crippen LogP contribution in [0, 0.1) is 6.92 Å². The van der Waals surface area contributed by atoms with Crippen LogP contribution in [-0.4, -0.2) is 89.5 Å². The van der Waals surface area contributed by atoms with Gasteiger partial charge in [0.25, 0.3) is 0 Å². The number of hydrogen-bond acceptors (Lipinski definition) is 11. The molecule has 250 valence electrons. The zero-order valence-corrected chi connectivity index (χ0v) is 28.2. The maximum Gasteiger partial charge on any atom is 0.186 e. The number of rotatable bonds is 15. The number of Topliss-reactive ketones (excluding diaryl/α,β-unsaturated/α-hetero) is 5. The molecule has 3 rings (SSSR count). The Bertz CT molecular complexity index is 1800. The highest BCUT2D eigenvalue weighted by Gasteiger charge is 2.26. The van der Waals surface area contributed by atoms with E-state index in [2.05, 4.69) is 0 Å². The summed E-state index contributed by atoms with van der Waals surface area (Å²) >= 11 is 0. The molecule has 47 heavy (non-hydrogen) atoms. The lowest BCUT2D eigenvalue weighted by atomic mass is 9.85. The second-order valence-electron chi connectivity index (χ2n) is 12.0. The van der Waals surface area contributed by atoms with Crippen LogP contribution in [0.5, 0.6) is 5.75 Å². The van der Waals surface area contributed by atoms with E-state index in [9.17, 15) is 42.0 Å². The van der Waals surface area contributed by atoms with Crippen molar-refractivity contribution in [1.82, 2.24) is 9.80 Å². The van der Waals surface area contributed by atoms with Gasteiger partial charge in [-0.3, -0.25) is 33.8 Å². The normalized spacial score (nSPS) is 14.6. The van der Waals surface area contributed by atoms with Crippen molar-refractivity contribution in [3.8, 4) is 5.75 Å². The summed E-state index contributed by atoms with van der Waals surface area (Å²) in [4.78, 5) is 63.8. The average molecular weight is 664 g/mol. The van der Waals surface area contributed by atoms with Crippen LogP contribution >= 0.6 is 0 Å². The minimum atomic E-state index is -4.99. The lowest BCUT2D eigenvalue weighted by Crippen LogP contribution is -2.36. The number of ketones is 5. The highest BCUT2D eigenvalue weighted by Crippen LogP contribution is 2.38. The van der Waals surface area contributed by atoms with E-state index in [1.54, 1.807) is 54.0 Å². The predicted molar refractivity (Wildman–Crippen MR) is 175 cm³/mol.